The van der Waals surface area contributed by atoms with Crippen molar-refractivity contribution in [1.29, 1.82) is 0 Å². The number of anilines is 1. The Morgan fingerprint density at radius 2 is 1.85 bits per heavy atom. The van der Waals surface area contributed by atoms with Crippen LogP contribution in [-0.2, 0) is 17.7 Å². The minimum atomic E-state index is -0.232. The number of aromatic nitrogens is 2. The van der Waals surface area contributed by atoms with E-state index in [0.29, 0.717) is 6.61 Å². The van der Waals surface area contributed by atoms with Gasteiger partial charge < -0.3 is 19.9 Å². The number of hydrogen-bond donors (Lipinski definition) is 1. The highest BCUT2D eigenvalue weighted by Gasteiger charge is 2.25. The molecule has 1 aliphatic rings. The number of methoxy groups -OCH3 is 1. The number of hydrogen-bond acceptors (Lipinski definition) is 5. The molecule has 7 heteroatoms. The van der Waals surface area contributed by atoms with Crippen molar-refractivity contribution in [2.75, 3.05) is 58.4 Å². The van der Waals surface area contributed by atoms with Gasteiger partial charge in [-0.05, 0) is 37.7 Å². The Kier molecular flexibility index (Phi) is 6.82. The third-order valence-corrected chi connectivity index (χ3v) is 5.03. The van der Waals surface area contributed by atoms with Crippen LogP contribution in [0.4, 0.5) is 10.2 Å². The smallest absolute Gasteiger partial charge is 0.137 e. The third-order valence-electron chi connectivity index (χ3n) is 5.03. The van der Waals surface area contributed by atoms with Gasteiger partial charge >= 0.3 is 0 Å². The van der Waals surface area contributed by atoms with Gasteiger partial charge in [0, 0.05) is 51.9 Å². The summed E-state index contributed by atoms with van der Waals surface area (Å²) in [5.41, 5.74) is 3.20. The summed E-state index contributed by atoms with van der Waals surface area (Å²) in [6.07, 6.45) is 0.857. The first-order valence-corrected chi connectivity index (χ1v) is 9.64. The molecule has 0 unspecified atom stereocenters. The molecule has 148 valence electrons. The predicted octanol–water partition coefficient (Wildman–Crippen LogP) is 2.06. The first-order valence-electron chi connectivity index (χ1n) is 9.64. The molecule has 0 aliphatic carbocycles. The summed E-state index contributed by atoms with van der Waals surface area (Å²) in [5, 5.41) is 8.35. The number of aryl methyl sites for hydroxylation is 1. The van der Waals surface area contributed by atoms with Crippen LogP contribution < -0.4 is 10.2 Å². The van der Waals surface area contributed by atoms with Crippen molar-refractivity contribution in [2.45, 2.75) is 19.9 Å². The number of likely N-dealkylation sites (N-methyl/N-ethyl adjacent to an activating group) is 1. The van der Waals surface area contributed by atoms with Gasteiger partial charge in [0.2, 0.25) is 0 Å². The molecular formula is C20H30FN5O. The van der Waals surface area contributed by atoms with Crippen molar-refractivity contribution in [3.05, 3.63) is 41.3 Å². The molecule has 2 heterocycles. The SMILES string of the molecule is CCc1nn(-c2ccc(F)cc2)c(N2CCN(C)CC2)c1CNCCOC. The monoisotopic (exact) mass is 375 g/mol. The number of halogens is 1. The molecule has 0 radical (unpaired) electrons. The van der Waals surface area contributed by atoms with Crippen LogP contribution in [0.2, 0.25) is 0 Å². The summed E-state index contributed by atoms with van der Waals surface area (Å²) in [6.45, 7) is 8.30. The third kappa shape index (κ3) is 4.66. The molecule has 0 amide bonds. The van der Waals surface area contributed by atoms with Gasteiger partial charge in [0.25, 0.3) is 0 Å². The van der Waals surface area contributed by atoms with Crippen molar-refractivity contribution in [1.82, 2.24) is 20.0 Å². The number of rotatable bonds is 8. The molecular weight excluding hydrogens is 345 g/mol. The van der Waals surface area contributed by atoms with Crippen LogP contribution in [0.5, 0.6) is 0 Å². The van der Waals surface area contributed by atoms with Crippen molar-refractivity contribution in [3.8, 4) is 5.69 Å². The fourth-order valence-corrected chi connectivity index (χ4v) is 3.44. The van der Waals surface area contributed by atoms with Crippen LogP contribution in [0.25, 0.3) is 5.69 Å². The van der Waals surface area contributed by atoms with Gasteiger partial charge in [-0.25, -0.2) is 9.07 Å². The summed E-state index contributed by atoms with van der Waals surface area (Å²) in [4.78, 5) is 4.75. The van der Waals surface area contributed by atoms with Crippen molar-refractivity contribution in [3.63, 3.8) is 0 Å². The predicted molar refractivity (Wildman–Crippen MR) is 106 cm³/mol. The van der Waals surface area contributed by atoms with E-state index in [1.165, 1.54) is 17.7 Å². The second-order valence-electron chi connectivity index (χ2n) is 6.95. The van der Waals surface area contributed by atoms with E-state index in [4.69, 9.17) is 9.84 Å². The minimum Gasteiger partial charge on any atom is -0.383 e. The molecule has 0 atom stereocenters. The normalized spacial score (nSPS) is 15.5. The fourth-order valence-electron chi connectivity index (χ4n) is 3.44. The van der Waals surface area contributed by atoms with Crippen LogP contribution in [-0.4, -0.2) is 68.2 Å². The highest BCUT2D eigenvalue weighted by molar-refractivity contribution is 5.56. The maximum Gasteiger partial charge on any atom is 0.137 e. The van der Waals surface area contributed by atoms with Gasteiger partial charge in [-0.15, -0.1) is 0 Å². The highest BCUT2D eigenvalue weighted by atomic mass is 19.1. The Labute approximate surface area is 160 Å². The first-order chi connectivity index (χ1) is 13.1. The molecule has 1 N–H and O–H groups in total. The number of piperazine rings is 1. The zero-order valence-electron chi connectivity index (χ0n) is 16.5. The molecule has 1 saturated heterocycles. The van der Waals surface area contributed by atoms with E-state index < -0.39 is 0 Å². The number of nitrogens with zero attached hydrogens (tertiary/aromatic N) is 4. The standard InChI is InChI=1S/C20H30FN5O/c1-4-19-18(15-22-9-14-27-3)20(25-12-10-24(2)11-13-25)26(23-19)17-7-5-16(21)6-8-17/h5-8,22H,4,9-15H2,1-3H3. The van der Waals surface area contributed by atoms with Gasteiger partial charge in [0.05, 0.1) is 18.0 Å². The van der Waals surface area contributed by atoms with E-state index in [-0.39, 0.29) is 5.82 Å². The Morgan fingerprint density at radius 3 is 2.48 bits per heavy atom. The first kappa shape index (κ1) is 19.8. The van der Waals surface area contributed by atoms with Crippen molar-refractivity contribution < 1.29 is 9.13 Å². The zero-order chi connectivity index (χ0) is 19.2. The molecule has 1 fully saturated rings. The van der Waals surface area contributed by atoms with Crippen LogP contribution in [0.3, 0.4) is 0 Å². The summed E-state index contributed by atoms with van der Waals surface area (Å²) < 4.78 is 20.6. The van der Waals surface area contributed by atoms with E-state index in [2.05, 4.69) is 29.1 Å². The second-order valence-corrected chi connectivity index (χ2v) is 6.95. The maximum absolute atomic E-state index is 13.4. The molecule has 6 nitrogen and oxygen atoms in total. The number of benzene rings is 1. The van der Waals surface area contributed by atoms with E-state index >= 15 is 0 Å². The molecule has 0 saturated carbocycles. The topological polar surface area (TPSA) is 45.6 Å². The number of nitrogens with one attached hydrogen (secondary N) is 1. The largest absolute Gasteiger partial charge is 0.383 e. The van der Waals surface area contributed by atoms with E-state index in [0.717, 1.165) is 62.9 Å². The van der Waals surface area contributed by atoms with Crippen molar-refractivity contribution in [2.24, 2.45) is 0 Å². The second kappa shape index (κ2) is 9.30. The van der Waals surface area contributed by atoms with Gasteiger partial charge in [0.15, 0.2) is 0 Å². The molecule has 1 aromatic heterocycles. The maximum atomic E-state index is 13.4. The molecule has 0 bridgehead atoms. The minimum absolute atomic E-state index is 0.232. The number of ether oxygens (including phenoxy) is 1. The average Bonchev–Trinajstić information content (AvgIpc) is 3.05. The highest BCUT2D eigenvalue weighted by Crippen LogP contribution is 2.29. The molecule has 1 aromatic carbocycles. The molecule has 1 aliphatic heterocycles. The Morgan fingerprint density at radius 1 is 1.15 bits per heavy atom. The van der Waals surface area contributed by atoms with E-state index in [1.54, 1.807) is 19.2 Å². The summed E-state index contributed by atoms with van der Waals surface area (Å²) in [6, 6.07) is 6.58. The van der Waals surface area contributed by atoms with Gasteiger partial charge in [0.1, 0.15) is 11.6 Å². The molecule has 3 rings (SSSR count). The molecule has 2 aromatic rings. The quantitative estimate of drug-likeness (QED) is 0.716. The molecule has 27 heavy (non-hydrogen) atoms. The summed E-state index contributed by atoms with van der Waals surface area (Å²) in [7, 11) is 3.86. The Balaban J connectivity index is 1.98. The van der Waals surface area contributed by atoms with E-state index in [9.17, 15) is 4.39 Å². The lowest BCUT2D eigenvalue weighted by Gasteiger charge is -2.34. The van der Waals surface area contributed by atoms with Gasteiger partial charge in [-0.2, -0.15) is 5.10 Å². The van der Waals surface area contributed by atoms with Gasteiger partial charge in [-0.1, -0.05) is 6.92 Å². The summed E-state index contributed by atoms with van der Waals surface area (Å²) in [5.74, 6) is 0.890. The van der Waals surface area contributed by atoms with E-state index in [1.807, 2.05) is 4.68 Å². The van der Waals surface area contributed by atoms with Crippen LogP contribution in [0, 0.1) is 5.82 Å². The zero-order valence-corrected chi connectivity index (χ0v) is 16.5. The van der Waals surface area contributed by atoms with Crippen molar-refractivity contribution >= 4 is 5.82 Å². The molecule has 0 spiro atoms. The Hall–Kier alpha value is -1.96. The Bertz CT molecular complexity index is 723. The van der Waals surface area contributed by atoms with Crippen LogP contribution in [0.1, 0.15) is 18.2 Å². The summed E-state index contributed by atoms with van der Waals surface area (Å²) >= 11 is 0. The fraction of sp³-hybridized carbons (Fsp3) is 0.550. The van der Waals surface area contributed by atoms with Crippen LogP contribution >= 0.6 is 0 Å². The average molecular weight is 375 g/mol. The lowest BCUT2D eigenvalue weighted by molar-refractivity contribution is 0.199. The van der Waals surface area contributed by atoms with Crippen LogP contribution in [0.15, 0.2) is 24.3 Å². The van der Waals surface area contributed by atoms with Gasteiger partial charge in [-0.3, -0.25) is 0 Å². The lowest BCUT2D eigenvalue weighted by Crippen LogP contribution is -2.45. The lowest BCUT2D eigenvalue weighted by atomic mass is 10.1.